The van der Waals surface area contributed by atoms with Crippen molar-refractivity contribution in [2.24, 2.45) is 5.10 Å². The summed E-state index contributed by atoms with van der Waals surface area (Å²) in [5.41, 5.74) is 2.93. The number of phenols is 1. The number of rotatable bonds is 8. The zero-order valence-electron chi connectivity index (χ0n) is 14.7. The van der Waals surface area contributed by atoms with E-state index < -0.39 is 5.91 Å². The molecule has 1 amide bonds. The number of hydrazone groups is 1. The first-order chi connectivity index (χ1) is 12.6. The standard InChI is InChI=1S/C18H20N2O6/c1-23-13-4-6-14(7-5-13)26-11-17(21)20-19-10-12-8-15(24-2)18(22)16(9-12)25-3/h4-10,22H,11H2,1-3H3,(H,20,21). The Bertz CT molecular complexity index is 749. The van der Waals surface area contributed by atoms with Crippen LogP contribution in [0.2, 0.25) is 0 Å². The summed E-state index contributed by atoms with van der Waals surface area (Å²) in [4.78, 5) is 11.8. The van der Waals surface area contributed by atoms with Crippen LogP contribution in [0.15, 0.2) is 41.5 Å². The Labute approximate surface area is 151 Å². The van der Waals surface area contributed by atoms with Gasteiger partial charge in [-0.3, -0.25) is 4.79 Å². The molecule has 2 rings (SSSR count). The number of aromatic hydroxyl groups is 1. The molecule has 0 radical (unpaired) electrons. The van der Waals surface area contributed by atoms with Crippen LogP contribution < -0.4 is 24.4 Å². The van der Waals surface area contributed by atoms with Crippen LogP contribution in [0.5, 0.6) is 28.7 Å². The molecule has 0 aliphatic carbocycles. The Morgan fingerprint density at radius 2 is 1.62 bits per heavy atom. The second kappa shape index (κ2) is 9.16. The van der Waals surface area contributed by atoms with Crippen LogP contribution in [-0.2, 0) is 4.79 Å². The fraction of sp³-hybridized carbons (Fsp3) is 0.222. The molecule has 26 heavy (non-hydrogen) atoms. The van der Waals surface area contributed by atoms with E-state index >= 15 is 0 Å². The minimum Gasteiger partial charge on any atom is -0.502 e. The molecule has 2 N–H and O–H groups in total. The average molecular weight is 360 g/mol. The van der Waals surface area contributed by atoms with Crippen LogP contribution in [0.1, 0.15) is 5.56 Å². The lowest BCUT2D eigenvalue weighted by atomic mass is 10.2. The van der Waals surface area contributed by atoms with Gasteiger partial charge in [0, 0.05) is 5.56 Å². The Morgan fingerprint density at radius 3 is 2.15 bits per heavy atom. The van der Waals surface area contributed by atoms with Gasteiger partial charge in [0.25, 0.3) is 5.91 Å². The second-order valence-corrected chi connectivity index (χ2v) is 5.03. The molecule has 138 valence electrons. The van der Waals surface area contributed by atoms with Gasteiger partial charge < -0.3 is 24.1 Å². The normalized spacial score (nSPS) is 10.4. The lowest BCUT2D eigenvalue weighted by molar-refractivity contribution is -0.123. The number of carbonyl (C=O) groups is 1. The molecule has 2 aromatic carbocycles. The number of hydrogen-bond acceptors (Lipinski definition) is 7. The van der Waals surface area contributed by atoms with Crippen molar-refractivity contribution in [1.82, 2.24) is 5.43 Å². The number of carbonyl (C=O) groups excluding carboxylic acids is 1. The highest BCUT2D eigenvalue weighted by Gasteiger charge is 2.10. The Hall–Kier alpha value is -3.42. The third-order valence-corrected chi connectivity index (χ3v) is 3.33. The van der Waals surface area contributed by atoms with Gasteiger partial charge in [0.1, 0.15) is 11.5 Å². The number of amides is 1. The molecule has 0 aromatic heterocycles. The summed E-state index contributed by atoms with van der Waals surface area (Å²) in [6, 6.07) is 9.98. The average Bonchev–Trinajstić information content (AvgIpc) is 2.67. The SMILES string of the molecule is COc1ccc(OCC(=O)NN=Cc2cc(OC)c(O)c(OC)c2)cc1. The molecule has 0 bridgehead atoms. The van der Waals surface area contributed by atoms with Crippen molar-refractivity contribution in [3.05, 3.63) is 42.0 Å². The van der Waals surface area contributed by atoms with Gasteiger partial charge in [-0.1, -0.05) is 0 Å². The minimum atomic E-state index is -0.422. The summed E-state index contributed by atoms with van der Waals surface area (Å²) < 4.78 is 20.5. The van der Waals surface area contributed by atoms with Gasteiger partial charge >= 0.3 is 0 Å². The third-order valence-electron chi connectivity index (χ3n) is 3.33. The molecule has 0 aliphatic heterocycles. The van der Waals surface area contributed by atoms with E-state index in [1.165, 1.54) is 20.4 Å². The molecule has 0 saturated heterocycles. The smallest absolute Gasteiger partial charge is 0.277 e. The molecule has 0 atom stereocenters. The monoisotopic (exact) mass is 360 g/mol. The number of nitrogens with one attached hydrogen (secondary N) is 1. The summed E-state index contributed by atoms with van der Waals surface area (Å²) in [5.74, 6) is 1.18. The van der Waals surface area contributed by atoms with Crippen LogP contribution >= 0.6 is 0 Å². The maximum atomic E-state index is 11.8. The summed E-state index contributed by atoms with van der Waals surface area (Å²) in [6.45, 7) is -0.189. The highest BCUT2D eigenvalue weighted by atomic mass is 16.5. The van der Waals surface area contributed by atoms with Crippen molar-refractivity contribution in [3.63, 3.8) is 0 Å². The summed E-state index contributed by atoms with van der Waals surface area (Å²) >= 11 is 0. The molecule has 0 spiro atoms. The van der Waals surface area contributed by atoms with Crippen molar-refractivity contribution in [3.8, 4) is 28.7 Å². The Kier molecular flexibility index (Phi) is 6.67. The quantitative estimate of drug-likeness (QED) is 0.551. The summed E-state index contributed by atoms with van der Waals surface area (Å²) in [7, 11) is 4.42. The number of phenolic OH excluding ortho intramolecular Hbond substituents is 1. The van der Waals surface area contributed by atoms with E-state index in [-0.39, 0.29) is 23.9 Å². The zero-order valence-corrected chi connectivity index (χ0v) is 14.7. The zero-order chi connectivity index (χ0) is 18.9. The predicted octanol–water partition coefficient (Wildman–Crippen LogP) is 1.95. The van der Waals surface area contributed by atoms with Crippen LogP contribution in [0.4, 0.5) is 0 Å². The highest BCUT2D eigenvalue weighted by molar-refractivity contribution is 5.84. The first-order valence-corrected chi connectivity index (χ1v) is 7.61. The largest absolute Gasteiger partial charge is 0.502 e. The van der Waals surface area contributed by atoms with Gasteiger partial charge in [-0.25, -0.2) is 5.43 Å². The maximum Gasteiger partial charge on any atom is 0.277 e. The van der Waals surface area contributed by atoms with E-state index in [1.807, 2.05) is 0 Å². The van der Waals surface area contributed by atoms with Gasteiger partial charge in [0.15, 0.2) is 18.1 Å². The van der Waals surface area contributed by atoms with Crippen LogP contribution in [-0.4, -0.2) is 45.2 Å². The fourth-order valence-electron chi connectivity index (χ4n) is 2.02. The molecule has 0 fully saturated rings. The minimum absolute atomic E-state index is 0.107. The van der Waals surface area contributed by atoms with E-state index in [2.05, 4.69) is 10.5 Å². The number of benzene rings is 2. The predicted molar refractivity (Wildman–Crippen MR) is 95.4 cm³/mol. The third kappa shape index (κ3) is 5.04. The Balaban J connectivity index is 1.90. The first kappa shape index (κ1) is 18.9. The second-order valence-electron chi connectivity index (χ2n) is 5.03. The van der Waals surface area contributed by atoms with Gasteiger partial charge in [0.2, 0.25) is 5.75 Å². The fourth-order valence-corrected chi connectivity index (χ4v) is 2.02. The van der Waals surface area contributed by atoms with Crippen LogP contribution in [0.25, 0.3) is 0 Å². The molecule has 8 nitrogen and oxygen atoms in total. The maximum absolute atomic E-state index is 11.8. The molecule has 0 saturated carbocycles. The van der Waals surface area contributed by atoms with Crippen molar-refractivity contribution >= 4 is 12.1 Å². The van der Waals surface area contributed by atoms with Crippen LogP contribution in [0.3, 0.4) is 0 Å². The van der Waals surface area contributed by atoms with E-state index in [4.69, 9.17) is 18.9 Å². The summed E-state index contributed by atoms with van der Waals surface area (Å²) in [6.07, 6.45) is 1.40. The summed E-state index contributed by atoms with van der Waals surface area (Å²) in [5, 5.41) is 13.7. The topological polar surface area (TPSA) is 98.6 Å². The van der Waals surface area contributed by atoms with E-state index in [0.29, 0.717) is 17.1 Å². The van der Waals surface area contributed by atoms with Crippen molar-refractivity contribution in [2.45, 2.75) is 0 Å². The van der Waals surface area contributed by atoms with Crippen molar-refractivity contribution < 1.29 is 28.8 Å². The number of nitrogens with zero attached hydrogens (tertiary/aromatic N) is 1. The van der Waals surface area contributed by atoms with Crippen molar-refractivity contribution in [2.75, 3.05) is 27.9 Å². The van der Waals surface area contributed by atoms with E-state index in [0.717, 1.165) is 0 Å². The molecule has 0 heterocycles. The molecular formula is C18H20N2O6. The van der Waals surface area contributed by atoms with Gasteiger partial charge in [-0.15, -0.1) is 0 Å². The molecule has 0 unspecified atom stereocenters. The Morgan fingerprint density at radius 1 is 1.04 bits per heavy atom. The van der Waals surface area contributed by atoms with Gasteiger partial charge in [-0.05, 0) is 36.4 Å². The molecule has 8 heteroatoms. The number of hydrogen-bond donors (Lipinski definition) is 2. The van der Waals surface area contributed by atoms with Crippen molar-refractivity contribution in [1.29, 1.82) is 0 Å². The number of ether oxygens (including phenoxy) is 4. The lowest BCUT2D eigenvalue weighted by Gasteiger charge is -2.09. The van der Waals surface area contributed by atoms with E-state index in [9.17, 15) is 9.90 Å². The molecular weight excluding hydrogens is 340 g/mol. The lowest BCUT2D eigenvalue weighted by Crippen LogP contribution is -2.24. The van der Waals surface area contributed by atoms with Gasteiger partial charge in [-0.2, -0.15) is 5.10 Å². The van der Waals surface area contributed by atoms with Gasteiger partial charge in [0.05, 0.1) is 27.5 Å². The first-order valence-electron chi connectivity index (χ1n) is 7.61. The highest BCUT2D eigenvalue weighted by Crippen LogP contribution is 2.36. The van der Waals surface area contributed by atoms with Crippen LogP contribution in [0, 0.1) is 0 Å². The van der Waals surface area contributed by atoms with E-state index in [1.54, 1.807) is 43.5 Å². The molecule has 0 aliphatic rings. The molecule has 2 aromatic rings. The number of methoxy groups -OCH3 is 3.